The molecular weight excluding hydrogens is 210 g/mol. The number of rotatable bonds is 2. The number of hydrogen-bond acceptors (Lipinski definition) is 4. The molecule has 0 aliphatic carbocycles. The monoisotopic (exact) mass is 219 g/mol. The first-order chi connectivity index (χ1) is 7.25. The predicted octanol–water partition coefficient (Wildman–Crippen LogP) is 1.11. The lowest BCUT2D eigenvalue weighted by Crippen LogP contribution is -2.21. The minimum absolute atomic E-state index is 0.0110. The first kappa shape index (κ1) is 9.60. The molecular formula is C9H9N5S. The smallest absolute Gasteiger partial charge is 0.212 e. The van der Waals surface area contributed by atoms with Crippen LogP contribution in [-0.2, 0) is 0 Å². The summed E-state index contributed by atoms with van der Waals surface area (Å²) in [6, 6.07) is 5.64. The van der Waals surface area contributed by atoms with E-state index >= 15 is 0 Å². The van der Waals surface area contributed by atoms with Gasteiger partial charge in [0.2, 0.25) is 5.13 Å². The molecule has 0 saturated carbocycles. The molecule has 0 atom stereocenters. The third-order valence-electron chi connectivity index (χ3n) is 1.64. The summed E-state index contributed by atoms with van der Waals surface area (Å²) < 4.78 is 0. The molecule has 2 rings (SSSR count). The molecule has 0 unspecified atom stereocenters. The summed E-state index contributed by atoms with van der Waals surface area (Å²) in [6.07, 6.45) is 1.72. The summed E-state index contributed by atoms with van der Waals surface area (Å²) in [5.74, 6) is 0.0110. The van der Waals surface area contributed by atoms with Crippen LogP contribution in [0.15, 0.2) is 34.8 Å². The normalized spacial score (nSPS) is 9.87. The number of thiazole rings is 1. The van der Waals surface area contributed by atoms with Crippen LogP contribution in [0.2, 0.25) is 0 Å². The molecule has 2 heterocycles. The van der Waals surface area contributed by atoms with E-state index in [9.17, 15) is 0 Å². The second-order valence-electron chi connectivity index (χ2n) is 2.77. The van der Waals surface area contributed by atoms with E-state index in [2.05, 4.69) is 15.0 Å². The molecule has 0 saturated heterocycles. The van der Waals surface area contributed by atoms with E-state index in [0.29, 0.717) is 5.13 Å². The molecule has 0 amide bonds. The molecule has 0 fully saturated rings. The Morgan fingerprint density at radius 1 is 1.27 bits per heavy atom. The minimum atomic E-state index is 0.0110. The molecule has 15 heavy (non-hydrogen) atoms. The van der Waals surface area contributed by atoms with Gasteiger partial charge in [0.25, 0.3) is 0 Å². The van der Waals surface area contributed by atoms with Gasteiger partial charge in [-0.3, -0.25) is 4.98 Å². The minimum Gasteiger partial charge on any atom is -0.370 e. The van der Waals surface area contributed by atoms with Crippen LogP contribution in [0.5, 0.6) is 0 Å². The standard InChI is InChI=1S/C9H9N5S/c10-8(11)14-9-13-7(5-15-9)6-3-1-2-4-12-6/h1-5H,(H4,10,11,13,14). The fourth-order valence-corrected chi connectivity index (χ4v) is 1.76. The lowest BCUT2D eigenvalue weighted by atomic mass is 10.3. The van der Waals surface area contributed by atoms with Gasteiger partial charge in [0, 0.05) is 11.6 Å². The summed E-state index contributed by atoms with van der Waals surface area (Å²) >= 11 is 1.37. The van der Waals surface area contributed by atoms with Gasteiger partial charge >= 0.3 is 0 Å². The quantitative estimate of drug-likeness (QED) is 0.584. The van der Waals surface area contributed by atoms with Gasteiger partial charge in [-0.15, -0.1) is 11.3 Å². The molecule has 5 nitrogen and oxygen atoms in total. The molecule has 2 aromatic heterocycles. The van der Waals surface area contributed by atoms with Gasteiger partial charge in [-0.05, 0) is 12.1 Å². The van der Waals surface area contributed by atoms with Crippen LogP contribution >= 0.6 is 11.3 Å². The molecule has 6 heteroatoms. The number of hydrogen-bond donors (Lipinski definition) is 2. The van der Waals surface area contributed by atoms with Crippen molar-refractivity contribution in [2.24, 2.45) is 16.5 Å². The molecule has 4 N–H and O–H groups in total. The number of pyridine rings is 1. The van der Waals surface area contributed by atoms with Crippen molar-refractivity contribution in [3.8, 4) is 11.4 Å². The van der Waals surface area contributed by atoms with Crippen molar-refractivity contribution in [2.75, 3.05) is 0 Å². The third-order valence-corrected chi connectivity index (χ3v) is 2.38. The van der Waals surface area contributed by atoms with Crippen molar-refractivity contribution in [3.63, 3.8) is 0 Å². The van der Waals surface area contributed by atoms with Crippen molar-refractivity contribution < 1.29 is 0 Å². The SMILES string of the molecule is NC(N)=Nc1nc(-c2ccccn2)cs1. The molecule has 0 radical (unpaired) electrons. The molecule has 0 aromatic carbocycles. The van der Waals surface area contributed by atoms with Crippen LogP contribution in [-0.4, -0.2) is 15.9 Å². The Kier molecular flexibility index (Phi) is 2.59. The lowest BCUT2D eigenvalue weighted by Gasteiger charge is -1.92. The predicted molar refractivity (Wildman–Crippen MR) is 60.8 cm³/mol. The first-order valence-electron chi connectivity index (χ1n) is 4.22. The molecule has 0 spiro atoms. The molecule has 0 bridgehead atoms. The van der Waals surface area contributed by atoms with Gasteiger partial charge in [0.1, 0.15) is 5.69 Å². The Morgan fingerprint density at radius 2 is 2.13 bits per heavy atom. The Hall–Kier alpha value is -1.95. The zero-order valence-electron chi connectivity index (χ0n) is 7.79. The van der Waals surface area contributed by atoms with Crippen molar-refractivity contribution in [1.29, 1.82) is 0 Å². The van der Waals surface area contributed by atoms with Crippen LogP contribution in [0.25, 0.3) is 11.4 Å². The van der Waals surface area contributed by atoms with Crippen LogP contribution in [0, 0.1) is 0 Å². The summed E-state index contributed by atoms with van der Waals surface area (Å²) in [6.45, 7) is 0. The Morgan fingerprint density at radius 3 is 2.80 bits per heavy atom. The maximum absolute atomic E-state index is 5.25. The van der Waals surface area contributed by atoms with Crippen molar-refractivity contribution in [2.45, 2.75) is 0 Å². The average Bonchev–Trinajstić information content (AvgIpc) is 2.67. The Labute approximate surface area is 90.5 Å². The lowest BCUT2D eigenvalue weighted by molar-refractivity contribution is 1.26. The van der Waals surface area contributed by atoms with Crippen molar-refractivity contribution >= 4 is 22.4 Å². The van der Waals surface area contributed by atoms with Gasteiger partial charge in [-0.25, -0.2) is 4.98 Å². The van der Waals surface area contributed by atoms with E-state index in [-0.39, 0.29) is 5.96 Å². The topological polar surface area (TPSA) is 90.2 Å². The Bertz CT molecular complexity index is 472. The van der Waals surface area contributed by atoms with Gasteiger partial charge in [0.15, 0.2) is 5.96 Å². The van der Waals surface area contributed by atoms with Crippen LogP contribution in [0.1, 0.15) is 0 Å². The van der Waals surface area contributed by atoms with E-state index in [1.54, 1.807) is 6.20 Å². The van der Waals surface area contributed by atoms with E-state index in [0.717, 1.165) is 11.4 Å². The average molecular weight is 219 g/mol. The summed E-state index contributed by atoms with van der Waals surface area (Å²) in [5, 5.41) is 2.40. The van der Waals surface area contributed by atoms with Gasteiger partial charge in [-0.2, -0.15) is 4.99 Å². The van der Waals surface area contributed by atoms with Crippen molar-refractivity contribution in [1.82, 2.24) is 9.97 Å². The molecule has 2 aromatic rings. The zero-order valence-corrected chi connectivity index (χ0v) is 8.61. The number of nitrogens with zero attached hydrogens (tertiary/aromatic N) is 3. The Balaban J connectivity index is 2.32. The van der Waals surface area contributed by atoms with E-state index < -0.39 is 0 Å². The van der Waals surface area contributed by atoms with E-state index in [4.69, 9.17) is 11.5 Å². The van der Waals surface area contributed by atoms with Gasteiger partial charge < -0.3 is 11.5 Å². The third kappa shape index (κ3) is 2.29. The number of guanidine groups is 1. The fourth-order valence-electron chi connectivity index (χ4n) is 1.06. The van der Waals surface area contributed by atoms with Crippen LogP contribution in [0.3, 0.4) is 0 Å². The van der Waals surface area contributed by atoms with Crippen LogP contribution in [0.4, 0.5) is 5.13 Å². The van der Waals surface area contributed by atoms with E-state index in [1.165, 1.54) is 11.3 Å². The highest BCUT2D eigenvalue weighted by Gasteiger charge is 2.03. The molecule has 0 aliphatic rings. The second-order valence-corrected chi connectivity index (χ2v) is 3.60. The summed E-state index contributed by atoms with van der Waals surface area (Å²) in [5.41, 5.74) is 12.1. The second kappa shape index (κ2) is 4.05. The first-order valence-corrected chi connectivity index (χ1v) is 5.10. The maximum atomic E-state index is 5.25. The zero-order chi connectivity index (χ0) is 10.7. The van der Waals surface area contributed by atoms with Crippen LogP contribution < -0.4 is 11.5 Å². The number of nitrogens with two attached hydrogens (primary N) is 2. The largest absolute Gasteiger partial charge is 0.370 e. The number of aliphatic imine (C=N–C) groups is 1. The highest BCUT2D eigenvalue weighted by Crippen LogP contribution is 2.24. The summed E-state index contributed by atoms with van der Waals surface area (Å²) in [4.78, 5) is 12.3. The maximum Gasteiger partial charge on any atom is 0.212 e. The van der Waals surface area contributed by atoms with Crippen molar-refractivity contribution in [3.05, 3.63) is 29.8 Å². The molecule has 0 aliphatic heterocycles. The fraction of sp³-hybridized carbons (Fsp3) is 0. The summed E-state index contributed by atoms with van der Waals surface area (Å²) in [7, 11) is 0. The highest BCUT2D eigenvalue weighted by atomic mass is 32.1. The number of aromatic nitrogens is 2. The van der Waals surface area contributed by atoms with Gasteiger partial charge in [0.05, 0.1) is 5.69 Å². The van der Waals surface area contributed by atoms with E-state index in [1.807, 2.05) is 23.6 Å². The molecule has 76 valence electrons. The highest BCUT2D eigenvalue weighted by molar-refractivity contribution is 7.13. The van der Waals surface area contributed by atoms with Gasteiger partial charge in [-0.1, -0.05) is 6.07 Å².